The molecule has 3 aromatic rings. The van der Waals surface area contributed by atoms with Gasteiger partial charge in [0.15, 0.2) is 17.3 Å². The van der Waals surface area contributed by atoms with Crippen LogP contribution in [-0.2, 0) is 6.42 Å². The molecule has 1 aliphatic carbocycles. The highest BCUT2D eigenvalue weighted by Gasteiger charge is 2.21. The smallest absolute Gasteiger partial charge is 0.387 e. The van der Waals surface area contributed by atoms with Crippen LogP contribution in [0.4, 0.5) is 8.78 Å². The van der Waals surface area contributed by atoms with Crippen LogP contribution in [0.3, 0.4) is 0 Å². The van der Waals surface area contributed by atoms with Crippen molar-refractivity contribution >= 4 is 5.78 Å². The lowest BCUT2D eigenvalue weighted by molar-refractivity contribution is -0.0517. The van der Waals surface area contributed by atoms with E-state index in [4.69, 9.17) is 9.15 Å². The summed E-state index contributed by atoms with van der Waals surface area (Å²) in [4.78, 5) is 21.0. The van der Waals surface area contributed by atoms with Gasteiger partial charge in [-0.15, -0.1) is 0 Å². The zero-order valence-corrected chi connectivity index (χ0v) is 17.7. The molecule has 0 bridgehead atoms. The highest BCUT2D eigenvalue weighted by Crippen LogP contribution is 2.35. The van der Waals surface area contributed by atoms with E-state index in [1.807, 2.05) is 13.0 Å². The second-order valence-electron chi connectivity index (χ2n) is 7.88. The van der Waals surface area contributed by atoms with Crippen molar-refractivity contribution in [2.24, 2.45) is 5.92 Å². The summed E-state index contributed by atoms with van der Waals surface area (Å²) in [6.07, 6.45) is 7.05. The number of oxazole rings is 1. The summed E-state index contributed by atoms with van der Waals surface area (Å²) < 4.78 is 41.4. The Kier molecular flexibility index (Phi) is 6.78. The van der Waals surface area contributed by atoms with Crippen molar-refractivity contribution in [2.45, 2.75) is 45.6 Å². The van der Waals surface area contributed by atoms with Crippen molar-refractivity contribution in [3.63, 3.8) is 0 Å². The average molecular weight is 442 g/mol. The standard InChI is InChI=1S/C24H24F2N2O4/c1-15-4-3-11-27-22(15)19(29)9-8-18-14-31-23(28-18)17-7-10-20(32-24(25)26)21(12-17)30-13-16-5-2-6-16/h3-4,7,10-12,14,16,24H,2,5-6,8-9,13H2,1H3. The number of hydrogen-bond acceptors (Lipinski definition) is 6. The first-order chi connectivity index (χ1) is 15.5. The quantitative estimate of drug-likeness (QED) is 0.378. The molecule has 6 nitrogen and oxygen atoms in total. The number of alkyl halides is 2. The second kappa shape index (κ2) is 9.89. The fourth-order valence-electron chi connectivity index (χ4n) is 3.51. The van der Waals surface area contributed by atoms with E-state index in [-0.39, 0.29) is 23.7 Å². The van der Waals surface area contributed by atoms with Crippen LogP contribution in [0.1, 0.15) is 47.4 Å². The number of hydrogen-bond donors (Lipinski definition) is 0. The van der Waals surface area contributed by atoms with Crippen molar-refractivity contribution in [3.05, 3.63) is 59.7 Å². The molecule has 0 radical (unpaired) electrons. The highest BCUT2D eigenvalue weighted by molar-refractivity contribution is 5.95. The van der Waals surface area contributed by atoms with Crippen LogP contribution in [0, 0.1) is 12.8 Å². The van der Waals surface area contributed by atoms with Gasteiger partial charge >= 0.3 is 6.61 Å². The zero-order chi connectivity index (χ0) is 22.5. The van der Waals surface area contributed by atoms with E-state index in [0.29, 0.717) is 41.8 Å². The SMILES string of the molecule is Cc1cccnc1C(=O)CCc1coc(-c2ccc(OC(F)F)c(OCC3CCC3)c2)n1. The molecule has 0 unspecified atom stereocenters. The molecular weight excluding hydrogens is 418 g/mol. The van der Waals surface area contributed by atoms with Gasteiger partial charge in [-0.25, -0.2) is 4.98 Å². The van der Waals surface area contributed by atoms with Crippen molar-refractivity contribution < 1.29 is 27.5 Å². The number of aromatic nitrogens is 2. The van der Waals surface area contributed by atoms with Gasteiger partial charge in [-0.3, -0.25) is 9.78 Å². The topological polar surface area (TPSA) is 74.5 Å². The van der Waals surface area contributed by atoms with Crippen LogP contribution in [0.2, 0.25) is 0 Å². The van der Waals surface area contributed by atoms with E-state index in [1.165, 1.54) is 12.3 Å². The third kappa shape index (κ3) is 5.30. The summed E-state index contributed by atoms with van der Waals surface area (Å²) in [7, 11) is 0. The minimum Gasteiger partial charge on any atom is -0.489 e. The largest absolute Gasteiger partial charge is 0.489 e. The number of ether oxygens (including phenoxy) is 2. The lowest BCUT2D eigenvalue weighted by atomic mass is 9.86. The second-order valence-corrected chi connectivity index (χ2v) is 7.88. The van der Waals surface area contributed by atoms with E-state index < -0.39 is 6.61 Å². The molecule has 2 heterocycles. The van der Waals surface area contributed by atoms with Crippen LogP contribution in [0.15, 0.2) is 47.2 Å². The Bertz CT molecular complexity index is 1080. The van der Waals surface area contributed by atoms with E-state index in [2.05, 4.69) is 14.7 Å². The summed E-state index contributed by atoms with van der Waals surface area (Å²) in [6.45, 7) is -0.643. The van der Waals surface area contributed by atoms with Crippen LogP contribution >= 0.6 is 0 Å². The average Bonchev–Trinajstić information content (AvgIpc) is 3.21. The fourth-order valence-corrected chi connectivity index (χ4v) is 3.51. The summed E-state index contributed by atoms with van der Waals surface area (Å²) in [5.41, 5.74) is 2.48. The molecule has 0 atom stereocenters. The van der Waals surface area contributed by atoms with Gasteiger partial charge in [-0.05, 0) is 55.5 Å². The first-order valence-corrected chi connectivity index (χ1v) is 10.6. The molecule has 168 valence electrons. The van der Waals surface area contributed by atoms with Crippen molar-refractivity contribution in [3.8, 4) is 23.0 Å². The Morgan fingerprint density at radius 3 is 2.81 bits per heavy atom. The highest BCUT2D eigenvalue weighted by atomic mass is 19.3. The molecule has 32 heavy (non-hydrogen) atoms. The van der Waals surface area contributed by atoms with Gasteiger partial charge in [0.1, 0.15) is 12.0 Å². The van der Waals surface area contributed by atoms with Gasteiger partial charge in [0.25, 0.3) is 0 Å². The maximum absolute atomic E-state index is 12.8. The molecular formula is C24H24F2N2O4. The zero-order valence-electron chi connectivity index (χ0n) is 17.7. The summed E-state index contributed by atoms with van der Waals surface area (Å²) >= 11 is 0. The van der Waals surface area contributed by atoms with Crippen LogP contribution in [-0.4, -0.2) is 29.0 Å². The van der Waals surface area contributed by atoms with E-state index in [9.17, 15) is 13.6 Å². The van der Waals surface area contributed by atoms with Crippen LogP contribution < -0.4 is 9.47 Å². The Hall–Kier alpha value is -3.29. The van der Waals surface area contributed by atoms with Gasteiger partial charge < -0.3 is 13.9 Å². The van der Waals surface area contributed by atoms with Crippen molar-refractivity contribution in [1.29, 1.82) is 0 Å². The number of ketones is 1. The summed E-state index contributed by atoms with van der Waals surface area (Å²) in [5.74, 6) is 0.902. The van der Waals surface area contributed by atoms with Gasteiger partial charge in [0, 0.05) is 24.6 Å². The molecule has 1 aromatic carbocycles. The van der Waals surface area contributed by atoms with Crippen LogP contribution in [0.5, 0.6) is 11.5 Å². The Balaban J connectivity index is 1.45. The molecule has 0 aliphatic heterocycles. The van der Waals surface area contributed by atoms with Gasteiger partial charge in [-0.2, -0.15) is 8.78 Å². The normalized spacial score (nSPS) is 13.8. The Morgan fingerprint density at radius 1 is 1.25 bits per heavy atom. The number of pyridine rings is 1. The van der Waals surface area contributed by atoms with E-state index in [0.717, 1.165) is 24.8 Å². The maximum atomic E-state index is 12.8. The molecule has 0 spiro atoms. The lowest BCUT2D eigenvalue weighted by Crippen LogP contribution is -2.19. The van der Waals surface area contributed by atoms with Gasteiger partial charge in [0.05, 0.1) is 12.3 Å². The number of aryl methyl sites for hydroxylation is 2. The number of carbonyl (C=O) groups excluding carboxylic acids is 1. The first-order valence-electron chi connectivity index (χ1n) is 10.6. The summed E-state index contributed by atoms with van der Waals surface area (Å²) in [6, 6.07) is 8.24. The van der Waals surface area contributed by atoms with Gasteiger partial charge in [0.2, 0.25) is 5.89 Å². The fraction of sp³-hybridized carbons (Fsp3) is 0.375. The number of rotatable bonds is 10. The van der Waals surface area contributed by atoms with E-state index >= 15 is 0 Å². The molecule has 2 aromatic heterocycles. The first kappa shape index (κ1) is 21.9. The molecule has 0 amide bonds. The predicted octanol–water partition coefficient (Wildman–Crippen LogP) is 5.64. The van der Waals surface area contributed by atoms with Crippen molar-refractivity contribution in [2.75, 3.05) is 6.61 Å². The minimum atomic E-state index is -2.94. The number of halogens is 2. The van der Waals surface area contributed by atoms with Crippen LogP contribution in [0.25, 0.3) is 11.5 Å². The van der Waals surface area contributed by atoms with Gasteiger partial charge in [-0.1, -0.05) is 12.5 Å². The third-order valence-corrected chi connectivity index (χ3v) is 5.54. The lowest BCUT2D eigenvalue weighted by Gasteiger charge is -2.25. The molecule has 0 N–H and O–H groups in total. The maximum Gasteiger partial charge on any atom is 0.387 e. The molecule has 1 aliphatic rings. The molecule has 1 saturated carbocycles. The number of nitrogens with zero attached hydrogens (tertiary/aromatic N) is 2. The number of benzene rings is 1. The monoisotopic (exact) mass is 442 g/mol. The van der Waals surface area contributed by atoms with Crippen molar-refractivity contribution in [1.82, 2.24) is 9.97 Å². The predicted molar refractivity (Wildman–Crippen MR) is 113 cm³/mol. The molecule has 8 heteroatoms. The molecule has 1 fully saturated rings. The number of Topliss-reactive ketones (excluding diaryl/α,β-unsaturated/α-hetero) is 1. The minimum absolute atomic E-state index is 0.0221. The summed E-state index contributed by atoms with van der Waals surface area (Å²) in [5, 5.41) is 0. The number of carbonyl (C=O) groups is 1. The third-order valence-electron chi connectivity index (χ3n) is 5.54. The molecule has 0 saturated heterocycles. The molecule has 4 rings (SSSR count). The Morgan fingerprint density at radius 2 is 2.09 bits per heavy atom. The van der Waals surface area contributed by atoms with E-state index in [1.54, 1.807) is 24.4 Å². The Labute approximate surface area is 184 Å².